The lowest BCUT2D eigenvalue weighted by Crippen LogP contribution is -2.40. The maximum atomic E-state index is 13.3. The largest absolute Gasteiger partial charge is 0.320 e. The van der Waals surface area contributed by atoms with Crippen LogP contribution in [0.2, 0.25) is 0 Å². The fourth-order valence-electron chi connectivity index (χ4n) is 2.48. The summed E-state index contributed by atoms with van der Waals surface area (Å²) in [6.07, 6.45) is 2.82. The Labute approximate surface area is 136 Å². The van der Waals surface area contributed by atoms with Gasteiger partial charge in [0.1, 0.15) is 0 Å². The highest BCUT2D eigenvalue weighted by Crippen LogP contribution is 2.11. The summed E-state index contributed by atoms with van der Waals surface area (Å²) in [5.41, 5.74) is 0.483. The van der Waals surface area contributed by atoms with Gasteiger partial charge in [-0.2, -0.15) is 0 Å². The van der Waals surface area contributed by atoms with E-state index in [-0.39, 0.29) is 12.2 Å². The van der Waals surface area contributed by atoms with E-state index in [0.29, 0.717) is 0 Å². The molecule has 0 amide bonds. The Morgan fingerprint density at radius 3 is 2.42 bits per heavy atom. The van der Waals surface area contributed by atoms with Gasteiger partial charge in [0.05, 0.1) is 12.2 Å². The molecule has 0 aliphatic rings. The monoisotopic (exact) mass is 328 g/mol. The maximum absolute atomic E-state index is 13.3. The maximum Gasteiger partial charge on any atom is 0.320 e. The Morgan fingerprint density at radius 2 is 1.71 bits per heavy atom. The van der Waals surface area contributed by atoms with E-state index in [1.165, 1.54) is 23.0 Å². The van der Waals surface area contributed by atoms with Crippen LogP contribution in [0, 0.1) is 18.6 Å². The summed E-state index contributed by atoms with van der Waals surface area (Å²) >= 11 is 0. The zero-order chi connectivity index (χ0) is 17.3. The van der Waals surface area contributed by atoms with Gasteiger partial charge in [-0.1, -0.05) is 29.8 Å². The van der Waals surface area contributed by atoms with Gasteiger partial charge >= 0.3 is 11.1 Å². The average Bonchev–Trinajstić information content (AvgIpc) is 2.55. The summed E-state index contributed by atoms with van der Waals surface area (Å²) in [6.45, 7) is 2.20. The van der Waals surface area contributed by atoms with Crippen LogP contribution in [0.15, 0.2) is 64.4 Å². The number of rotatable bonds is 3. The lowest BCUT2D eigenvalue weighted by Gasteiger charge is -2.10. The van der Waals surface area contributed by atoms with Crippen molar-refractivity contribution in [3.8, 4) is 5.69 Å². The van der Waals surface area contributed by atoms with Crippen molar-refractivity contribution in [1.29, 1.82) is 0 Å². The quantitative estimate of drug-likeness (QED) is 0.694. The van der Waals surface area contributed by atoms with Crippen molar-refractivity contribution < 1.29 is 8.78 Å². The number of hydrogen-bond donors (Lipinski definition) is 0. The second-order valence-electron chi connectivity index (χ2n) is 5.49. The topological polar surface area (TPSA) is 44.0 Å². The van der Waals surface area contributed by atoms with E-state index in [1.54, 1.807) is 0 Å². The van der Waals surface area contributed by atoms with Gasteiger partial charge < -0.3 is 4.57 Å². The molecule has 0 aliphatic carbocycles. The second-order valence-corrected chi connectivity index (χ2v) is 5.49. The molecule has 1 heterocycles. The lowest BCUT2D eigenvalue weighted by atomic mass is 10.1. The van der Waals surface area contributed by atoms with Crippen molar-refractivity contribution in [3.63, 3.8) is 0 Å². The average molecular weight is 328 g/mol. The zero-order valence-corrected chi connectivity index (χ0v) is 12.9. The van der Waals surface area contributed by atoms with E-state index < -0.39 is 22.8 Å². The molecule has 122 valence electrons. The number of aromatic nitrogens is 2. The summed E-state index contributed by atoms with van der Waals surface area (Å²) < 4.78 is 28.6. The number of benzene rings is 2. The smallest absolute Gasteiger partial charge is 0.305 e. The van der Waals surface area contributed by atoms with Gasteiger partial charge in [0.15, 0.2) is 11.6 Å². The lowest BCUT2D eigenvalue weighted by molar-refractivity contribution is 0.507. The molecule has 0 saturated carbocycles. The highest BCUT2D eigenvalue weighted by molar-refractivity contribution is 5.32. The highest BCUT2D eigenvalue weighted by Gasteiger charge is 2.09. The van der Waals surface area contributed by atoms with Crippen molar-refractivity contribution in [1.82, 2.24) is 9.13 Å². The zero-order valence-electron chi connectivity index (χ0n) is 12.9. The predicted molar refractivity (Wildman–Crippen MR) is 86.5 cm³/mol. The Balaban J connectivity index is 2.01. The van der Waals surface area contributed by atoms with Crippen molar-refractivity contribution in [2.75, 3.05) is 0 Å². The minimum absolute atomic E-state index is 0.0960. The van der Waals surface area contributed by atoms with Gasteiger partial charge in [-0.3, -0.25) is 14.2 Å². The molecular weight excluding hydrogens is 314 g/mol. The molecule has 0 aliphatic heterocycles. The van der Waals surface area contributed by atoms with E-state index in [4.69, 9.17) is 0 Å². The summed E-state index contributed by atoms with van der Waals surface area (Å²) in [5, 5.41) is 0. The molecule has 0 spiro atoms. The molecule has 1 aromatic heterocycles. The van der Waals surface area contributed by atoms with Crippen molar-refractivity contribution in [2.45, 2.75) is 13.5 Å². The molecule has 24 heavy (non-hydrogen) atoms. The molecule has 0 fully saturated rings. The molecule has 0 atom stereocenters. The fourth-order valence-corrected chi connectivity index (χ4v) is 2.48. The third-order valence-corrected chi connectivity index (χ3v) is 3.68. The molecule has 3 aromatic rings. The molecule has 3 rings (SSSR count). The van der Waals surface area contributed by atoms with Crippen LogP contribution in [-0.4, -0.2) is 9.13 Å². The van der Waals surface area contributed by atoms with Crippen LogP contribution >= 0.6 is 0 Å². The third-order valence-electron chi connectivity index (χ3n) is 3.68. The second kappa shape index (κ2) is 6.23. The van der Waals surface area contributed by atoms with Crippen LogP contribution in [0.25, 0.3) is 5.69 Å². The summed E-state index contributed by atoms with van der Waals surface area (Å²) in [5.74, 6) is -2.09. The van der Waals surface area contributed by atoms with E-state index in [1.807, 2.05) is 31.2 Å². The molecule has 2 aromatic carbocycles. The first-order valence-electron chi connectivity index (χ1n) is 7.29. The van der Waals surface area contributed by atoms with E-state index in [0.717, 1.165) is 27.8 Å². The minimum Gasteiger partial charge on any atom is -0.305 e. The van der Waals surface area contributed by atoms with Crippen molar-refractivity contribution in [2.24, 2.45) is 0 Å². The molecule has 0 saturated heterocycles. The summed E-state index contributed by atoms with van der Waals surface area (Å²) in [7, 11) is 0. The molecule has 6 heteroatoms. The predicted octanol–water partition coefficient (Wildman–Crippen LogP) is 2.63. The molecule has 0 N–H and O–H groups in total. The number of hydrogen-bond acceptors (Lipinski definition) is 2. The first-order valence-corrected chi connectivity index (χ1v) is 7.29. The molecule has 4 nitrogen and oxygen atoms in total. The molecular formula is C18H14F2N2O2. The minimum atomic E-state index is -1.08. The van der Waals surface area contributed by atoms with Crippen LogP contribution < -0.4 is 11.1 Å². The third kappa shape index (κ3) is 3.03. The van der Waals surface area contributed by atoms with Crippen LogP contribution in [-0.2, 0) is 6.54 Å². The number of aryl methyl sites for hydroxylation is 1. The van der Waals surface area contributed by atoms with Crippen LogP contribution in [0.3, 0.4) is 0 Å². The highest BCUT2D eigenvalue weighted by atomic mass is 19.2. The standard InChI is InChI=1S/C18H14F2N2O2/c1-12-3-2-4-13(9-12)11-21-7-8-22(18(24)17(21)23)14-5-6-15(19)16(20)10-14/h2-10H,11H2,1H3. The van der Waals surface area contributed by atoms with Gasteiger partial charge in [0.25, 0.3) is 0 Å². The molecule has 0 bridgehead atoms. The fraction of sp³-hybridized carbons (Fsp3) is 0.111. The Morgan fingerprint density at radius 1 is 0.917 bits per heavy atom. The van der Waals surface area contributed by atoms with Gasteiger partial charge in [-0.25, -0.2) is 8.78 Å². The van der Waals surface area contributed by atoms with E-state index in [9.17, 15) is 18.4 Å². The van der Waals surface area contributed by atoms with Crippen LogP contribution in [0.5, 0.6) is 0 Å². The Bertz CT molecular complexity index is 1020. The Kier molecular flexibility index (Phi) is 4.12. The van der Waals surface area contributed by atoms with Crippen molar-refractivity contribution >= 4 is 0 Å². The first kappa shape index (κ1) is 15.9. The van der Waals surface area contributed by atoms with Gasteiger partial charge in [-0.05, 0) is 24.6 Å². The van der Waals surface area contributed by atoms with Gasteiger partial charge in [0.2, 0.25) is 0 Å². The normalized spacial score (nSPS) is 10.8. The van der Waals surface area contributed by atoms with E-state index in [2.05, 4.69) is 0 Å². The van der Waals surface area contributed by atoms with Gasteiger partial charge in [0, 0.05) is 18.5 Å². The summed E-state index contributed by atoms with van der Waals surface area (Å²) in [6, 6.07) is 10.6. The molecule has 0 radical (unpaired) electrons. The number of halogens is 2. The van der Waals surface area contributed by atoms with Crippen LogP contribution in [0.1, 0.15) is 11.1 Å². The van der Waals surface area contributed by atoms with Gasteiger partial charge in [-0.15, -0.1) is 0 Å². The molecule has 0 unspecified atom stereocenters. The van der Waals surface area contributed by atoms with E-state index >= 15 is 0 Å². The number of nitrogens with zero attached hydrogens (tertiary/aromatic N) is 2. The Hall–Kier alpha value is -3.02. The van der Waals surface area contributed by atoms with Crippen LogP contribution in [0.4, 0.5) is 8.78 Å². The first-order chi connectivity index (χ1) is 11.5. The summed E-state index contributed by atoms with van der Waals surface area (Å²) in [4.78, 5) is 24.5. The van der Waals surface area contributed by atoms with Crippen molar-refractivity contribution in [3.05, 3.63) is 98.3 Å². The SMILES string of the molecule is Cc1cccc(Cn2ccn(-c3ccc(F)c(F)c3)c(=O)c2=O)c1.